The van der Waals surface area contributed by atoms with Gasteiger partial charge in [0.1, 0.15) is 0 Å². The van der Waals surface area contributed by atoms with Gasteiger partial charge in [0, 0.05) is 24.5 Å². The van der Waals surface area contributed by atoms with Crippen LogP contribution in [0.3, 0.4) is 0 Å². The molecule has 120 valence electrons. The highest BCUT2D eigenvalue weighted by Crippen LogP contribution is 2.37. The Bertz CT molecular complexity index is 551. The van der Waals surface area contributed by atoms with Crippen LogP contribution in [0.4, 0.5) is 0 Å². The van der Waals surface area contributed by atoms with Gasteiger partial charge in [-0.2, -0.15) is 11.8 Å². The van der Waals surface area contributed by atoms with E-state index in [1.807, 2.05) is 16.3 Å². The van der Waals surface area contributed by atoms with E-state index in [2.05, 4.69) is 11.0 Å². The Morgan fingerprint density at radius 3 is 2.76 bits per heavy atom. The molecular formula is C14H24N2O3S2. The summed E-state index contributed by atoms with van der Waals surface area (Å²) in [5.74, 6) is 1.12. The van der Waals surface area contributed by atoms with Crippen LogP contribution < -0.4 is 4.72 Å². The lowest BCUT2D eigenvalue weighted by atomic mass is 10.2. The predicted molar refractivity (Wildman–Crippen MR) is 86.0 cm³/mol. The number of unbranched alkanes of at least 4 members (excludes halogenated alkanes) is 2. The van der Waals surface area contributed by atoms with Crippen LogP contribution in [-0.4, -0.2) is 36.6 Å². The minimum absolute atomic E-state index is 0.124. The Labute approximate surface area is 131 Å². The minimum atomic E-state index is -3.46. The molecule has 2 N–H and O–H groups in total. The number of nitrogens with zero attached hydrogens (tertiary/aromatic N) is 1. The van der Waals surface area contributed by atoms with Crippen LogP contribution in [-0.2, 0) is 16.6 Å². The van der Waals surface area contributed by atoms with Crippen LogP contribution in [0.15, 0.2) is 17.2 Å². The standard InChI is InChI=1S/C14H24N2O3S2/c1-20-8-4-2-3-7-15-21(18,19)14-9-13(11-17)16(10-14)12-5-6-12/h9-10,12,15,17H,2-8,11H2,1H3. The van der Waals surface area contributed by atoms with Gasteiger partial charge in [-0.3, -0.25) is 0 Å². The number of rotatable bonds is 10. The zero-order chi connectivity index (χ0) is 15.3. The molecule has 1 heterocycles. The second kappa shape index (κ2) is 7.67. The highest BCUT2D eigenvalue weighted by molar-refractivity contribution is 7.98. The van der Waals surface area contributed by atoms with Crippen molar-refractivity contribution in [1.29, 1.82) is 0 Å². The van der Waals surface area contributed by atoms with Crippen LogP contribution in [0.1, 0.15) is 43.8 Å². The van der Waals surface area contributed by atoms with Crippen molar-refractivity contribution in [3.05, 3.63) is 18.0 Å². The van der Waals surface area contributed by atoms with Crippen molar-refractivity contribution in [1.82, 2.24) is 9.29 Å². The molecule has 0 atom stereocenters. The van der Waals surface area contributed by atoms with E-state index in [9.17, 15) is 13.5 Å². The topological polar surface area (TPSA) is 71.3 Å². The summed E-state index contributed by atoms with van der Waals surface area (Å²) in [6, 6.07) is 1.94. The highest BCUT2D eigenvalue weighted by atomic mass is 32.2. The van der Waals surface area contributed by atoms with Gasteiger partial charge in [-0.25, -0.2) is 13.1 Å². The molecule has 1 saturated carbocycles. The van der Waals surface area contributed by atoms with Gasteiger partial charge in [-0.05, 0) is 43.8 Å². The highest BCUT2D eigenvalue weighted by Gasteiger charge is 2.27. The molecule has 0 unspecified atom stereocenters. The van der Waals surface area contributed by atoms with Gasteiger partial charge < -0.3 is 9.67 Å². The number of nitrogens with one attached hydrogen (secondary N) is 1. The molecule has 0 spiro atoms. The zero-order valence-corrected chi connectivity index (χ0v) is 14.0. The van der Waals surface area contributed by atoms with E-state index in [1.54, 1.807) is 12.3 Å². The van der Waals surface area contributed by atoms with Crippen molar-refractivity contribution in [2.45, 2.75) is 49.6 Å². The molecule has 7 heteroatoms. The van der Waals surface area contributed by atoms with Crippen LogP contribution >= 0.6 is 11.8 Å². The largest absolute Gasteiger partial charge is 0.390 e. The summed E-state index contributed by atoms with van der Waals surface area (Å²) in [5.41, 5.74) is 0.679. The Morgan fingerprint density at radius 1 is 1.38 bits per heavy atom. The van der Waals surface area contributed by atoms with Crippen LogP contribution in [0, 0.1) is 0 Å². The maximum Gasteiger partial charge on any atom is 0.242 e. The molecule has 0 aliphatic heterocycles. The Balaban J connectivity index is 1.90. The molecule has 2 rings (SSSR count). The lowest BCUT2D eigenvalue weighted by molar-refractivity contribution is 0.270. The first-order valence-electron chi connectivity index (χ1n) is 7.38. The van der Waals surface area contributed by atoms with Crippen molar-refractivity contribution >= 4 is 21.8 Å². The Morgan fingerprint density at radius 2 is 2.14 bits per heavy atom. The van der Waals surface area contributed by atoms with Gasteiger partial charge in [0.2, 0.25) is 10.0 Å². The monoisotopic (exact) mass is 332 g/mol. The van der Waals surface area contributed by atoms with E-state index in [0.29, 0.717) is 18.3 Å². The second-order valence-electron chi connectivity index (χ2n) is 5.41. The average Bonchev–Trinajstić information content (AvgIpc) is 3.21. The molecule has 1 fully saturated rings. The van der Waals surface area contributed by atoms with Gasteiger partial charge in [0.05, 0.1) is 11.5 Å². The summed E-state index contributed by atoms with van der Waals surface area (Å²) >= 11 is 1.81. The molecule has 1 aliphatic rings. The number of aromatic nitrogens is 1. The molecule has 1 aliphatic carbocycles. The summed E-state index contributed by atoms with van der Waals surface area (Å²) in [5, 5.41) is 9.33. The van der Waals surface area contributed by atoms with E-state index < -0.39 is 10.0 Å². The summed E-state index contributed by atoms with van der Waals surface area (Å²) in [4.78, 5) is 0.266. The van der Waals surface area contributed by atoms with Crippen LogP contribution in [0.2, 0.25) is 0 Å². The number of aliphatic hydroxyl groups is 1. The summed E-state index contributed by atoms with van der Waals surface area (Å²) in [6.07, 6.45) is 8.86. The van der Waals surface area contributed by atoms with Crippen molar-refractivity contribution < 1.29 is 13.5 Å². The number of aliphatic hydroxyl groups excluding tert-OH is 1. The van der Waals surface area contributed by atoms with Crippen LogP contribution in [0.5, 0.6) is 0 Å². The second-order valence-corrected chi connectivity index (χ2v) is 8.17. The molecule has 1 aromatic heterocycles. The third-order valence-corrected chi connectivity index (χ3v) is 5.76. The van der Waals surface area contributed by atoms with Gasteiger partial charge in [0.15, 0.2) is 0 Å². The maximum absolute atomic E-state index is 12.2. The van der Waals surface area contributed by atoms with Gasteiger partial charge >= 0.3 is 0 Å². The normalized spacial score (nSPS) is 15.5. The lowest BCUT2D eigenvalue weighted by Crippen LogP contribution is -2.24. The predicted octanol–water partition coefficient (Wildman–Crippen LogP) is 2.13. The number of thioether (sulfide) groups is 1. The molecule has 0 aromatic carbocycles. The molecule has 0 bridgehead atoms. The van der Waals surface area contributed by atoms with Crippen molar-refractivity contribution in [2.24, 2.45) is 0 Å². The summed E-state index contributed by atoms with van der Waals surface area (Å²) < 4.78 is 29.0. The van der Waals surface area contributed by atoms with E-state index in [0.717, 1.165) is 37.9 Å². The molecule has 0 amide bonds. The third kappa shape index (κ3) is 4.74. The first kappa shape index (κ1) is 16.9. The van der Waals surface area contributed by atoms with Crippen LogP contribution in [0.25, 0.3) is 0 Å². The molecule has 5 nitrogen and oxygen atoms in total. The third-order valence-electron chi connectivity index (χ3n) is 3.64. The van der Waals surface area contributed by atoms with Gasteiger partial charge in [-0.1, -0.05) is 6.42 Å². The Hall–Kier alpha value is -0.500. The molecule has 1 aromatic rings. The first-order valence-corrected chi connectivity index (χ1v) is 10.3. The molecule has 21 heavy (non-hydrogen) atoms. The fraction of sp³-hybridized carbons (Fsp3) is 0.714. The van der Waals surface area contributed by atoms with Crippen molar-refractivity contribution in [3.8, 4) is 0 Å². The molecule has 0 saturated heterocycles. The quantitative estimate of drug-likeness (QED) is 0.644. The molecule has 0 radical (unpaired) electrons. The average molecular weight is 332 g/mol. The minimum Gasteiger partial charge on any atom is -0.390 e. The van der Waals surface area contributed by atoms with Gasteiger partial charge in [-0.15, -0.1) is 0 Å². The van der Waals surface area contributed by atoms with Crippen molar-refractivity contribution in [2.75, 3.05) is 18.6 Å². The van der Waals surface area contributed by atoms with E-state index in [-0.39, 0.29) is 11.5 Å². The number of sulfonamides is 1. The van der Waals surface area contributed by atoms with E-state index >= 15 is 0 Å². The smallest absolute Gasteiger partial charge is 0.242 e. The first-order chi connectivity index (χ1) is 10.1. The summed E-state index contributed by atoms with van der Waals surface area (Å²) in [6.45, 7) is 0.348. The SMILES string of the molecule is CSCCCCCNS(=O)(=O)c1cc(CO)n(C2CC2)c1. The fourth-order valence-electron chi connectivity index (χ4n) is 2.30. The van der Waals surface area contributed by atoms with E-state index in [1.165, 1.54) is 0 Å². The zero-order valence-electron chi connectivity index (χ0n) is 12.4. The lowest BCUT2D eigenvalue weighted by Gasteiger charge is -2.05. The Kier molecular flexibility index (Phi) is 6.16. The summed E-state index contributed by atoms with van der Waals surface area (Å²) in [7, 11) is -3.46. The number of hydrogen-bond donors (Lipinski definition) is 2. The van der Waals surface area contributed by atoms with Gasteiger partial charge in [0.25, 0.3) is 0 Å². The fourth-order valence-corrected chi connectivity index (χ4v) is 3.92. The van der Waals surface area contributed by atoms with Crippen molar-refractivity contribution in [3.63, 3.8) is 0 Å². The molecular weight excluding hydrogens is 308 g/mol. The van der Waals surface area contributed by atoms with E-state index in [4.69, 9.17) is 0 Å². The number of hydrogen-bond acceptors (Lipinski definition) is 4. The maximum atomic E-state index is 12.2.